The molecule has 0 bridgehead atoms. The second-order valence-corrected chi connectivity index (χ2v) is 5.93. The first-order valence-corrected chi connectivity index (χ1v) is 7.50. The highest BCUT2D eigenvalue weighted by molar-refractivity contribution is 9.10. The van der Waals surface area contributed by atoms with Crippen molar-refractivity contribution in [2.75, 3.05) is 0 Å². The fraction of sp³-hybridized carbons (Fsp3) is 0.200. The van der Waals surface area contributed by atoms with Crippen LogP contribution in [0, 0.1) is 0 Å². The minimum Gasteiger partial charge on any atom is -0.480 e. The van der Waals surface area contributed by atoms with E-state index < -0.39 is 12.0 Å². The van der Waals surface area contributed by atoms with Crippen molar-refractivity contribution in [1.29, 1.82) is 0 Å². The maximum atomic E-state index is 12.1. The van der Waals surface area contributed by atoms with Gasteiger partial charge in [0.1, 0.15) is 11.4 Å². The molecule has 1 atom stereocenters. The van der Waals surface area contributed by atoms with Crippen LogP contribution in [-0.4, -0.2) is 22.5 Å². The number of para-hydroxylation sites is 1. The van der Waals surface area contributed by atoms with E-state index in [9.17, 15) is 9.59 Å². The number of hydrogen-bond acceptors (Lipinski definition) is 3. The molecule has 0 spiro atoms. The predicted molar refractivity (Wildman–Crippen MR) is 83.3 cm³/mol. The van der Waals surface area contributed by atoms with E-state index in [0.717, 1.165) is 10.0 Å². The first-order valence-electron chi connectivity index (χ1n) is 6.71. The lowest BCUT2D eigenvalue weighted by molar-refractivity contribution is -0.128. The van der Waals surface area contributed by atoms with Crippen LogP contribution in [-0.2, 0) is 18.3 Å². The van der Waals surface area contributed by atoms with Gasteiger partial charge in [-0.15, -0.1) is 0 Å². The highest BCUT2D eigenvalue weighted by Gasteiger charge is 2.29. The Hall–Kier alpha value is -2.28. The van der Waals surface area contributed by atoms with Gasteiger partial charge >= 0.3 is 0 Å². The number of carbonyl (C=O) groups is 2. The van der Waals surface area contributed by atoms with E-state index in [1.54, 1.807) is 23.9 Å². The summed E-state index contributed by atoms with van der Waals surface area (Å²) in [7, 11) is 1.75. The Kier molecular flexibility index (Phi) is 3.89. The first kappa shape index (κ1) is 14.6. The summed E-state index contributed by atoms with van der Waals surface area (Å²) in [5.41, 5.74) is 6.22. The van der Waals surface area contributed by atoms with E-state index in [4.69, 9.17) is 4.74 Å². The zero-order valence-electron chi connectivity index (χ0n) is 11.8. The summed E-state index contributed by atoms with van der Waals surface area (Å²) in [6.45, 7) is 0. The minimum atomic E-state index is -0.627. The van der Waals surface area contributed by atoms with Crippen molar-refractivity contribution < 1.29 is 14.3 Å². The number of aryl methyl sites for hydroxylation is 1. The lowest BCUT2D eigenvalue weighted by Gasteiger charge is -2.12. The molecule has 0 saturated carbocycles. The van der Waals surface area contributed by atoms with E-state index in [1.165, 1.54) is 0 Å². The highest BCUT2D eigenvalue weighted by Crippen LogP contribution is 2.27. The number of nitrogens with zero attached hydrogens (tertiary/aromatic N) is 1. The molecule has 1 aromatic heterocycles. The average molecular weight is 364 g/mol. The Morgan fingerprint density at radius 3 is 2.77 bits per heavy atom. The molecule has 22 heavy (non-hydrogen) atoms. The van der Waals surface area contributed by atoms with Gasteiger partial charge in [-0.25, -0.2) is 0 Å². The van der Waals surface area contributed by atoms with Crippen LogP contribution >= 0.6 is 15.9 Å². The Morgan fingerprint density at radius 2 is 2.09 bits per heavy atom. The standard InChI is InChI=1S/C15H14BrN3O3/c1-19-8-10(16)7-11(19)14(20)17-18-15(21)13-6-9-4-2-3-5-12(9)22-13/h2-5,7-8,13H,6H2,1H3,(H,17,20)(H,18,21). The van der Waals surface area contributed by atoms with Crippen molar-refractivity contribution in [3.05, 3.63) is 52.3 Å². The first-order chi connectivity index (χ1) is 10.5. The normalized spacial score (nSPS) is 15.8. The molecular formula is C15H14BrN3O3. The van der Waals surface area contributed by atoms with Crippen LogP contribution in [0.25, 0.3) is 0 Å². The number of hydrazine groups is 1. The summed E-state index contributed by atoms with van der Waals surface area (Å²) in [4.78, 5) is 24.1. The third-order valence-corrected chi connectivity index (χ3v) is 3.88. The number of nitrogens with one attached hydrogen (secondary N) is 2. The third-order valence-electron chi connectivity index (χ3n) is 3.44. The van der Waals surface area contributed by atoms with Crippen LogP contribution in [0.3, 0.4) is 0 Å². The van der Waals surface area contributed by atoms with Crippen LogP contribution in [0.2, 0.25) is 0 Å². The van der Waals surface area contributed by atoms with E-state index in [-0.39, 0.29) is 5.91 Å². The molecule has 2 heterocycles. The molecule has 0 radical (unpaired) electrons. The zero-order chi connectivity index (χ0) is 15.7. The number of hydrogen-bond donors (Lipinski definition) is 2. The molecule has 1 aromatic carbocycles. The van der Waals surface area contributed by atoms with Crippen LogP contribution < -0.4 is 15.6 Å². The minimum absolute atomic E-state index is 0.377. The van der Waals surface area contributed by atoms with Crippen molar-refractivity contribution in [3.8, 4) is 5.75 Å². The number of carbonyl (C=O) groups excluding carboxylic acids is 2. The fourth-order valence-electron chi connectivity index (χ4n) is 2.34. The van der Waals surface area contributed by atoms with Gasteiger partial charge in [-0.1, -0.05) is 18.2 Å². The molecule has 2 amide bonds. The second-order valence-electron chi connectivity index (χ2n) is 5.02. The Bertz CT molecular complexity index is 716. The quantitative estimate of drug-likeness (QED) is 0.795. The SMILES string of the molecule is Cn1cc(Br)cc1C(=O)NNC(=O)C1Cc2ccccc2O1. The van der Waals surface area contributed by atoms with Gasteiger partial charge in [0, 0.05) is 24.1 Å². The number of benzene rings is 1. The molecule has 1 unspecified atom stereocenters. The topological polar surface area (TPSA) is 72.4 Å². The lowest BCUT2D eigenvalue weighted by atomic mass is 10.1. The van der Waals surface area contributed by atoms with E-state index in [1.807, 2.05) is 24.3 Å². The largest absolute Gasteiger partial charge is 0.480 e. The van der Waals surface area contributed by atoms with E-state index in [0.29, 0.717) is 17.9 Å². The van der Waals surface area contributed by atoms with Crippen molar-refractivity contribution in [2.45, 2.75) is 12.5 Å². The van der Waals surface area contributed by atoms with Gasteiger partial charge in [0.15, 0.2) is 6.10 Å². The molecule has 1 aliphatic heterocycles. The molecule has 0 fully saturated rings. The summed E-state index contributed by atoms with van der Waals surface area (Å²) in [5.74, 6) is -0.0600. The summed E-state index contributed by atoms with van der Waals surface area (Å²) in [6, 6.07) is 9.17. The van der Waals surface area contributed by atoms with Crippen LogP contribution in [0.4, 0.5) is 0 Å². The smallest absolute Gasteiger partial charge is 0.286 e. The molecule has 7 heteroatoms. The van der Waals surface area contributed by atoms with Crippen molar-refractivity contribution in [2.24, 2.45) is 7.05 Å². The molecule has 3 rings (SSSR count). The van der Waals surface area contributed by atoms with Gasteiger partial charge in [0.05, 0.1) is 0 Å². The molecule has 6 nitrogen and oxygen atoms in total. The number of aromatic nitrogens is 1. The van der Waals surface area contributed by atoms with Gasteiger partial charge in [0.2, 0.25) is 0 Å². The van der Waals surface area contributed by atoms with Crippen molar-refractivity contribution in [1.82, 2.24) is 15.4 Å². The van der Waals surface area contributed by atoms with E-state index >= 15 is 0 Å². The molecule has 1 aliphatic rings. The molecular weight excluding hydrogens is 350 g/mol. The van der Waals surface area contributed by atoms with Gasteiger partial charge in [0.25, 0.3) is 11.8 Å². The average Bonchev–Trinajstić information content (AvgIpc) is 3.07. The number of fused-ring (bicyclic) bond motifs is 1. The molecule has 2 N–H and O–H groups in total. The van der Waals surface area contributed by atoms with Crippen LogP contribution in [0.5, 0.6) is 5.75 Å². The molecule has 2 aromatic rings. The highest BCUT2D eigenvalue weighted by atomic mass is 79.9. The molecule has 0 aliphatic carbocycles. The predicted octanol–water partition coefficient (Wildman–Crippen LogP) is 1.55. The monoisotopic (exact) mass is 363 g/mol. The van der Waals surface area contributed by atoms with Crippen LogP contribution in [0.1, 0.15) is 16.1 Å². The summed E-state index contributed by atoms with van der Waals surface area (Å²) >= 11 is 3.29. The van der Waals surface area contributed by atoms with Gasteiger partial charge < -0.3 is 9.30 Å². The number of amides is 2. The number of ether oxygens (including phenoxy) is 1. The fourth-order valence-corrected chi connectivity index (χ4v) is 2.87. The zero-order valence-corrected chi connectivity index (χ0v) is 13.4. The summed E-state index contributed by atoms with van der Waals surface area (Å²) in [5, 5.41) is 0. The summed E-state index contributed by atoms with van der Waals surface area (Å²) < 4.78 is 8.01. The molecule has 0 saturated heterocycles. The van der Waals surface area contributed by atoms with Crippen LogP contribution in [0.15, 0.2) is 41.0 Å². The van der Waals surface area contributed by atoms with E-state index in [2.05, 4.69) is 26.8 Å². The van der Waals surface area contributed by atoms with Gasteiger partial charge in [-0.3, -0.25) is 20.4 Å². The molecule has 114 valence electrons. The second kappa shape index (κ2) is 5.84. The third kappa shape index (κ3) is 2.85. The maximum absolute atomic E-state index is 12.1. The van der Waals surface area contributed by atoms with Gasteiger partial charge in [-0.2, -0.15) is 0 Å². The Balaban J connectivity index is 1.58. The van der Waals surface area contributed by atoms with Crippen molar-refractivity contribution in [3.63, 3.8) is 0 Å². The Morgan fingerprint density at radius 1 is 1.32 bits per heavy atom. The Labute approximate surface area is 135 Å². The lowest BCUT2D eigenvalue weighted by Crippen LogP contribution is -2.48. The number of halogens is 1. The number of rotatable bonds is 2. The maximum Gasteiger partial charge on any atom is 0.286 e. The van der Waals surface area contributed by atoms with Crippen molar-refractivity contribution >= 4 is 27.7 Å². The summed E-state index contributed by atoms with van der Waals surface area (Å²) in [6.07, 6.45) is 1.62. The van der Waals surface area contributed by atoms with Gasteiger partial charge in [-0.05, 0) is 33.6 Å².